The summed E-state index contributed by atoms with van der Waals surface area (Å²) in [7, 11) is 3.66. The van der Waals surface area contributed by atoms with Crippen LogP contribution in [-0.4, -0.2) is 48.8 Å². The number of hydrogen-bond donors (Lipinski definition) is 0. The highest BCUT2D eigenvalue weighted by atomic mass is 16.2. The Hall–Kier alpha value is -1.84. The molecule has 0 unspecified atom stereocenters. The Morgan fingerprint density at radius 3 is 2.59 bits per heavy atom. The summed E-state index contributed by atoms with van der Waals surface area (Å²) >= 11 is 0. The molecule has 1 aromatic carbocycles. The first-order valence-corrected chi connectivity index (χ1v) is 8.09. The summed E-state index contributed by atoms with van der Waals surface area (Å²) in [5.74, 6) is 0.406. The van der Waals surface area contributed by atoms with Gasteiger partial charge in [-0.2, -0.15) is 0 Å². The lowest BCUT2D eigenvalue weighted by molar-refractivity contribution is -0.136. The first-order chi connectivity index (χ1) is 10.5. The van der Waals surface area contributed by atoms with Crippen molar-refractivity contribution in [1.29, 1.82) is 0 Å². The van der Waals surface area contributed by atoms with Crippen LogP contribution in [0.2, 0.25) is 0 Å². The highest BCUT2D eigenvalue weighted by molar-refractivity contribution is 5.94. The van der Waals surface area contributed by atoms with Crippen LogP contribution in [0.25, 0.3) is 0 Å². The van der Waals surface area contributed by atoms with Crippen LogP contribution in [0.3, 0.4) is 0 Å². The normalized spacial score (nSPS) is 27.4. The molecule has 22 heavy (non-hydrogen) atoms. The average Bonchev–Trinajstić information content (AvgIpc) is 3.14. The molecule has 2 fully saturated rings. The summed E-state index contributed by atoms with van der Waals surface area (Å²) in [5, 5.41) is 0. The van der Waals surface area contributed by atoms with Crippen molar-refractivity contribution in [3.8, 4) is 0 Å². The summed E-state index contributed by atoms with van der Waals surface area (Å²) < 4.78 is 0. The van der Waals surface area contributed by atoms with Gasteiger partial charge in [-0.3, -0.25) is 9.59 Å². The highest BCUT2D eigenvalue weighted by Gasteiger charge is 2.51. The molecule has 1 aliphatic carbocycles. The first kappa shape index (κ1) is 15.1. The topological polar surface area (TPSA) is 40.6 Å². The van der Waals surface area contributed by atoms with Crippen LogP contribution in [0.15, 0.2) is 30.3 Å². The molecule has 4 heteroatoms. The third-order valence-corrected chi connectivity index (χ3v) is 5.34. The Morgan fingerprint density at radius 2 is 1.91 bits per heavy atom. The van der Waals surface area contributed by atoms with Crippen molar-refractivity contribution in [3.63, 3.8) is 0 Å². The fourth-order valence-electron chi connectivity index (χ4n) is 4.16. The number of nitrogens with zero attached hydrogens (tertiary/aromatic N) is 2. The largest absolute Gasteiger partial charge is 0.349 e. The van der Waals surface area contributed by atoms with E-state index in [1.54, 1.807) is 4.90 Å². The lowest BCUT2D eigenvalue weighted by atomic mass is 9.76. The number of rotatable bonds is 2. The van der Waals surface area contributed by atoms with Crippen LogP contribution in [0, 0.1) is 11.3 Å². The van der Waals surface area contributed by atoms with E-state index >= 15 is 0 Å². The van der Waals surface area contributed by atoms with Gasteiger partial charge in [0.1, 0.15) is 0 Å². The molecule has 0 aromatic heterocycles. The van der Waals surface area contributed by atoms with Crippen molar-refractivity contribution in [1.82, 2.24) is 9.80 Å². The molecule has 2 amide bonds. The van der Waals surface area contributed by atoms with Gasteiger partial charge in [-0.05, 0) is 31.4 Å². The Kier molecular flexibility index (Phi) is 3.94. The fraction of sp³-hybridized carbons (Fsp3) is 0.556. The fourth-order valence-corrected chi connectivity index (χ4v) is 4.16. The summed E-state index contributed by atoms with van der Waals surface area (Å²) in [6, 6.07) is 9.44. The number of benzene rings is 1. The van der Waals surface area contributed by atoms with Gasteiger partial charge in [0.2, 0.25) is 5.91 Å². The van der Waals surface area contributed by atoms with Crippen LogP contribution in [0.5, 0.6) is 0 Å². The highest BCUT2D eigenvalue weighted by Crippen LogP contribution is 2.50. The predicted molar refractivity (Wildman–Crippen MR) is 85.4 cm³/mol. The Morgan fingerprint density at radius 1 is 1.18 bits per heavy atom. The van der Waals surface area contributed by atoms with E-state index in [4.69, 9.17) is 0 Å². The molecule has 2 aliphatic rings. The third-order valence-electron chi connectivity index (χ3n) is 5.34. The maximum absolute atomic E-state index is 12.6. The minimum absolute atomic E-state index is 0.00575. The maximum atomic E-state index is 12.6. The molecule has 0 radical (unpaired) electrons. The van der Waals surface area contributed by atoms with E-state index in [-0.39, 0.29) is 23.1 Å². The SMILES string of the molecule is CN(C)C(=O)[C@H]1CCC[C@@]12CCN(C(=O)c1ccccc1)C2. The molecule has 0 bridgehead atoms. The monoisotopic (exact) mass is 300 g/mol. The number of likely N-dealkylation sites (tertiary alicyclic amines) is 1. The van der Waals surface area contributed by atoms with Crippen molar-refractivity contribution in [2.75, 3.05) is 27.2 Å². The van der Waals surface area contributed by atoms with E-state index in [0.717, 1.165) is 44.3 Å². The third kappa shape index (κ3) is 2.51. The minimum atomic E-state index is 0.00575. The lowest BCUT2D eigenvalue weighted by Gasteiger charge is -2.32. The second-order valence-electron chi connectivity index (χ2n) is 6.88. The van der Waals surface area contributed by atoms with E-state index in [9.17, 15) is 9.59 Å². The average molecular weight is 300 g/mol. The molecule has 3 rings (SSSR count). The van der Waals surface area contributed by atoms with E-state index in [1.165, 1.54) is 0 Å². The van der Waals surface area contributed by atoms with Crippen LogP contribution in [0.1, 0.15) is 36.0 Å². The Bertz CT molecular complexity index is 570. The van der Waals surface area contributed by atoms with Crippen molar-refractivity contribution in [3.05, 3.63) is 35.9 Å². The smallest absolute Gasteiger partial charge is 0.253 e. The zero-order chi connectivity index (χ0) is 15.7. The molecule has 1 aromatic rings. The second kappa shape index (κ2) is 5.75. The van der Waals surface area contributed by atoms with E-state index in [2.05, 4.69) is 0 Å². The van der Waals surface area contributed by atoms with E-state index in [1.807, 2.05) is 49.3 Å². The van der Waals surface area contributed by atoms with E-state index in [0.29, 0.717) is 0 Å². The molecule has 118 valence electrons. The molecule has 2 atom stereocenters. The minimum Gasteiger partial charge on any atom is -0.349 e. The standard InChI is InChI=1S/C18H24N2O2/c1-19(2)17(22)15-9-6-10-18(15)11-12-20(13-18)16(21)14-7-4-3-5-8-14/h3-5,7-8,15H,6,9-13H2,1-2H3/t15-,18+/m1/s1. The van der Waals surface area contributed by atoms with Gasteiger partial charge < -0.3 is 9.80 Å². The number of hydrogen-bond acceptors (Lipinski definition) is 2. The number of carbonyl (C=O) groups is 2. The molecule has 1 saturated heterocycles. The van der Waals surface area contributed by atoms with Crippen molar-refractivity contribution in [2.45, 2.75) is 25.7 Å². The Balaban J connectivity index is 1.76. The van der Waals surface area contributed by atoms with Crippen LogP contribution >= 0.6 is 0 Å². The quantitative estimate of drug-likeness (QED) is 0.841. The Labute approximate surface area is 132 Å². The van der Waals surface area contributed by atoms with Crippen LogP contribution in [-0.2, 0) is 4.79 Å². The molecule has 1 aliphatic heterocycles. The molecular formula is C18H24N2O2. The van der Waals surface area contributed by atoms with Gasteiger partial charge in [0.15, 0.2) is 0 Å². The van der Waals surface area contributed by atoms with Crippen molar-refractivity contribution in [2.24, 2.45) is 11.3 Å². The van der Waals surface area contributed by atoms with Crippen LogP contribution in [0.4, 0.5) is 0 Å². The van der Waals surface area contributed by atoms with Crippen LogP contribution < -0.4 is 0 Å². The van der Waals surface area contributed by atoms with Gasteiger partial charge in [-0.15, -0.1) is 0 Å². The molecule has 1 spiro atoms. The number of carbonyl (C=O) groups excluding carboxylic acids is 2. The van der Waals surface area contributed by atoms with Gasteiger partial charge in [-0.1, -0.05) is 24.6 Å². The summed E-state index contributed by atoms with van der Waals surface area (Å²) in [6.07, 6.45) is 4.08. The zero-order valence-corrected chi connectivity index (χ0v) is 13.4. The number of amides is 2. The first-order valence-electron chi connectivity index (χ1n) is 8.09. The van der Waals surface area contributed by atoms with Crippen molar-refractivity contribution < 1.29 is 9.59 Å². The predicted octanol–water partition coefficient (Wildman–Crippen LogP) is 2.41. The maximum Gasteiger partial charge on any atom is 0.253 e. The van der Waals surface area contributed by atoms with Gasteiger partial charge in [0, 0.05) is 44.1 Å². The zero-order valence-electron chi connectivity index (χ0n) is 13.4. The summed E-state index contributed by atoms with van der Waals surface area (Å²) in [6.45, 7) is 1.50. The molecule has 1 heterocycles. The molecular weight excluding hydrogens is 276 g/mol. The summed E-state index contributed by atoms with van der Waals surface area (Å²) in [5.41, 5.74) is 0.749. The second-order valence-corrected chi connectivity index (χ2v) is 6.88. The summed E-state index contributed by atoms with van der Waals surface area (Å²) in [4.78, 5) is 28.8. The van der Waals surface area contributed by atoms with Gasteiger partial charge in [0.25, 0.3) is 5.91 Å². The van der Waals surface area contributed by atoms with E-state index < -0.39 is 0 Å². The molecule has 0 N–H and O–H groups in total. The molecule has 4 nitrogen and oxygen atoms in total. The van der Waals surface area contributed by atoms with Gasteiger partial charge >= 0.3 is 0 Å². The molecule has 1 saturated carbocycles. The lowest BCUT2D eigenvalue weighted by Crippen LogP contribution is -2.41. The van der Waals surface area contributed by atoms with Gasteiger partial charge in [-0.25, -0.2) is 0 Å². The van der Waals surface area contributed by atoms with Crippen molar-refractivity contribution >= 4 is 11.8 Å². The van der Waals surface area contributed by atoms with Gasteiger partial charge in [0.05, 0.1) is 0 Å².